The molecule has 5 rings (SSSR count). The lowest BCUT2D eigenvalue weighted by molar-refractivity contribution is -0.119. The fraction of sp³-hybridized carbons (Fsp3) is 0.286. The average molecular weight is 567 g/mol. The molecule has 0 saturated carbocycles. The number of anilines is 1. The van der Waals surface area contributed by atoms with Gasteiger partial charge >= 0.3 is 5.97 Å². The van der Waals surface area contributed by atoms with Crippen molar-refractivity contribution in [2.45, 2.75) is 47.5 Å². The molecule has 6 heteroatoms. The van der Waals surface area contributed by atoms with Crippen LogP contribution in [0.1, 0.15) is 65.5 Å². The Morgan fingerprint density at radius 2 is 1.68 bits per heavy atom. The fourth-order valence-electron chi connectivity index (χ4n) is 5.58. The topological polar surface area (TPSA) is 68.3 Å². The number of nitrogens with zero attached hydrogens (tertiary/aromatic N) is 1. The molecule has 41 heavy (non-hydrogen) atoms. The van der Waals surface area contributed by atoms with Gasteiger partial charge in [-0.3, -0.25) is 4.79 Å². The number of fused-ring (bicyclic) bond motifs is 2. The van der Waals surface area contributed by atoms with Crippen molar-refractivity contribution < 1.29 is 14.3 Å². The maximum absolute atomic E-state index is 13.8. The quantitative estimate of drug-likeness (QED) is 0.246. The van der Waals surface area contributed by atoms with Gasteiger partial charge in [0.05, 0.1) is 16.8 Å². The zero-order chi connectivity index (χ0) is 29.3. The Labute approximate surface area is 246 Å². The van der Waals surface area contributed by atoms with Crippen molar-refractivity contribution in [2.75, 3.05) is 11.9 Å². The Balaban J connectivity index is 1.53. The van der Waals surface area contributed by atoms with Crippen molar-refractivity contribution in [1.82, 2.24) is 4.98 Å². The van der Waals surface area contributed by atoms with Gasteiger partial charge < -0.3 is 10.1 Å². The molecular formula is C35H35ClN2O3. The Hall–Kier alpha value is -3.96. The van der Waals surface area contributed by atoms with Crippen LogP contribution in [-0.2, 0) is 16.0 Å². The van der Waals surface area contributed by atoms with E-state index in [4.69, 9.17) is 21.3 Å². The van der Waals surface area contributed by atoms with Crippen LogP contribution < -0.4 is 5.32 Å². The van der Waals surface area contributed by atoms with Crippen LogP contribution in [0.2, 0.25) is 5.02 Å². The number of ether oxygens (including phenoxy) is 1. The molecule has 0 aliphatic heterocycles. The highest BCUT2D eigenvalue weighted by Gasteiger charge is 2.35. The summed E-state index contributed by atoms with van der Waals surface area (Å²) in [5.41, 5.74) is 7.74. The summed E-state index contributed by atoms with van der Waals surface area (Å²) in [6.45, 7) is 10.3. The summed E-state index contributed by atoms with van der Waals surface area (Å²) >= 11 is 6.14. The first-order chi connectivity index (χ1) is 19.5. The molecule has 1 aliphatic rings. The van der Waals surface area contributed by atoms with E-state index >= 15 is 0 Å². The molecule has 0 bridgehead atoms. The van der Waals surface area contributed by atoms with Crippen LogP contribution >= 0.6 is 11.6 Å². The van der Waals surface area contributed by atoms with E-state index in [1.54, 1.807) is 0 Å². The van der Waals surface area contributed by atoms with Crippen molar-refractivity contribution >= 4 is 51.7 Å². The second-order valence-electron chi connectivity index (χ2n) is 12.0. The number of halogens is 1. The summed E-state index contributed by atoms with van der Waals surface area (Å²) in [6.07, 6.45) is 3.66. The first-order valence-electron chi connectivity index (χ1n) is 13.9. The molecule has 1 aliphatic carbocycles. The van der Waals surface area contributed by atoms with Crippen molar-refractivity contribution in [2.24, 2.45) is 11.3 Å². The molecule has 1 amide bonds. The minimum absolute atomic E-state index is 0.00454. The number of hydrogen-bond acceptors (Lipinski definition) is 4. The summed E-state index contributed by atoms with van der Waals surface area (Å²) in [5, 5.41) is 4.26. The molecule has 1 heterocycles. The van der Waals surface area contributed by atoms with Gasteiger partial charge in [-0.05, 0) is 102 Å². The van der Waals surface area contributed by atoms with Crippen LogP contribution in [0.25, 0.3) is 22.6 Å². The van der Waals surface area contributed by atoms with Gasteiger partial charge in [-0.15, -0.1) is 0 Å². The standard InChI is InChI=1S/C35H35ClN2O3/c1-21-14-22(2)16-27(15-21)37-31(39)20-41-34(40)32-28-8-6-7-9-30(28)38-33-24(17-23-10-12-26(36)13-11-23)18-25(19-29(32)33)35(3,4)5/h6-17,25H,18-20H2,1-5H3,(H,37,39)/b24-17+. The maximum atomic E-state index is 13.8. The third kappa shape index (κ3) is 6.52. The molecule has 1 unspecified atom stereocenters. The Kier molecular flexibility index (Phi) is 8.01. The Morgan fingerprint density at radius 1 is 1.00 bits per heavy atom. The van der Waals surface area contributed by atoms with Crippen molar-refractivity contribution in [3.8, 4) is 0 Å². The number of esters is 1. The first-order valence-corrected chi connectivity index (χ1v) is 14.3. The zero-order valence-corrected chi connectivity index (χ0v) is 24.9. The lowest BCUT2D eigenvalue weighted by atomic mass is 9.69. The second-order valence-corrected chi connectivity index (χ2v) is 12.5. The van der Waals surface area contributed by atoms with Crippen LogP contribution in [0.15, 0.2) is 66.7 Å². The molecule has 0 fully saturated rings. The van der Waals surface area contributed by atoms with Gasteiger partial charge in [-0.25, -0.2) is 9.78 Å². The van der Waals surface area contributed by atoms with Gasteiger partial charge in [0.1, 0.15) is 0 Å². The van der Waals surface area contributed by atoms with Crippen LogP contribution in [0.3, 0.4) is 0 Å². The number of aryl methyl sites for hydroxylation is 2. The summed E-state index contributed by atoms with van der Waals surface area (Å²) in [5.74, 6) is -0.627. The SMILES string of the molecule is Cc1cc(C)cc(NC(=O)COC(=O)c2c3c(nc4ccccc24)/C(=C/c2ccc(Cl)cc2)CC(C(C)(C)C)C3)c1. The van der Waals surface area contributed by atoms with Crippen molar-refractivity contribution in [3.05, 3.63) is 105 Å². The van der Waals surface area contributed by atoms with Crippen LogP contribution in [0, 0.1) is 25.2 Å². The maximum Gasteiger partial charge on any atom is 0.339 e. The Bertz CT molecular complexity index is 1650. The normalized spacial score (nSPS) is 16.0. The highest BCUT2D eigenvalue weighted by molar-refractivity contribution is 6.30. The van der Waals surface area contributed by atoms with Gasteiger partial charge in [0, 0.05) is 16.1 Å². The number of carbonyl (C=O) groups is 2. The summed E-state index contributed by atoms with van der Waals surface area (Å²) < 4.78 is 5.67. The van der Waals surface area contributed by atoms with Gasteiger partial charge in [0.25, 0.3) is 5.91 Å². The smallest absolute Gasteiger partial charge is 0.339 e. The monoisotopic (exact) mass is 566 g/mol. The third-order valence-electron chi connectivity index (χ3n) is 7.69. The number of benzene rings is 3. The molecule has 0 saturated heterocycles. The van der Waals surface area contributed by atoms with Crippen LogP contribution in [0.4, 0.5) is 5.69 Å². The predicted molar refractivity (Wildman–Crippen MR) is 167 cm³/mol. The number of hydrogen-bond donors (Lipinski definition) is 1. The molecule has 5 nitrogen and oxygen atoms in total. The third-order valence-corrected chi connectivity index (χ3v) is 7.95. The number of pyridine rings is 1. The first kappa shape index (κ1) is 28.6. The van der Waals surface area contributed by atoms with Gasteiger partial charge in [0.15, 0.2) is 6.61 Å². The zero-order valence-electron chi connectivity index (χ0n) is 24.2. The minimum atomic E-state index is -0.518. The van der Waals surface area contributed by atoms with Crippen LogP contribution in [0.5, 0.6) is 0 Å². The number of nitrogens with one attached hydrogen (secondary N) is 1. The van der Waals surface area contributed by atoms with Gasteiger partial charge in [-0.1, -0.05) is 68.8 Å². The molecule has 4 aromatic rings. The average Bonchev–Trinajstić information content (AvgIpc) is 2.90. The lowest BCUT2D eigenvalue weighted by Crippen LogP contribution is -2.29. The second kappa shape index (κ2) is 11.5. The molecule has 1 N–H and O–H groups in total. The number of para-hydroxylation sites is 1. The molecule has 1 atom stereocenters. The van der Waals surface area contributed by atoms with Gasteiger partial charge in [0.2, 0.25) is 0 Å². The number of aromatic nitrogens is 1. The summed E-state index contributed by atoms with van der Waals surface area (Å²) in [6, 6.07) is 21.2. The lowest BCUT2D eigenvalue weighted by Gasteiger charge is -2.36. The van der Waals surface area contributed by atoms with E-state index in [9.17, 15) is 9.59 Å². The highest BCUT2D eigenvalue weighted by Crippen LogP contribution is 2.45. The van der Waals surface area contributed by atoms with Gasteiger partial charge in [-0.2, -0.15) is 0 Å². The highest BCUT2D eigenvalue weighted by atomic mass is 35.5. The fourth-order valence-corrected chi connectivity index (χ4v) is 5.70. The van der Waals surface area contributed by atoms with E-state index in [-0.39, 0.29) is 23.8 Å². The number of carbonyl (C=O) groups excluding carboxylic acids is 2. The predicted octanol–water partition coefficient (Wildman–Crippen LogP) is 8.45. The molecule has 3 aromatic carbocycles. The molecule has 1 aromatic heterocycles. The summed E-state index contributed by atoms with van der Waals surface area (Å²) in [4.78, 5) is 31.6. The van der Waals surface area contributed by atoms with Crippen molar-refractivity contribution in [3.63, 3.8) is 0 Å². The summed E-state index contributed by atoms with van der Waals surface area (Å²) in [7, 11) is 0. The largest absolute Gasteiger partial charge is 0.452 e. The van der Waals surface area contributed by atoms with E-state index in [0.29, 0.717) is 28.2 Å². The van der Waals surface area contributed by atoms with Crippen LogP contribution in [-0.4, -0.2) is 23.5 Å². The molecule has 210 valence electrons. The number of allylic oxidation sites excluding steroid dienone is 1. The van der Waals surface area contributed by atoms with E-state index in [1.807, 2.05) is 80.6 Å². The Morgan fingerprint density at radius 3 is 2.37 bits per heavy atom. The van der Waals surface area contributed by atoms with E-state index < -0.39 is 5.97 Å². The molecule has 0 radical (unpaired) electrons. The van der Waals surface area contributed by atoms with E-state index in [2.05, 4.69) is 32.2 Å². The van der Waals surface area contributed by atoms with E-state index in [1.165, 1.54) is 0 Å². The minimum Gasteiger partial charge on any atom is -0.452 e. The number of amides is 1. The molecular weight excluding hydrogens is 532 g/mol. The number of rotatable bonds is 5. The van der Waals surface area contributed by atoms with E-state index in [0.717, 1.165) is 45.3 Å². The molecule has 0 spiro atoms. The van der Waals surface area contributed by atoms with Crippen molar-refractivity contribution in [1.29, 1.82) is 0 Å².